The van der Waals surface area contributed by atoms with Gasteiger partial charge in [-0.15, -0.1) is 0 Å². The molecule has 5 nitrogen and oxygen atoms in total. The highest BCUT2D eigenvalue weighted by Gasteiger charge is 2.10. The number of benzene rings is 2. The molecule has 32 heavy (non-hydrogen) atoms. The Kier molecular flexibility index (Phi) is 9.14. The summed E-state index contributed by atoms with van der Waals surface area (Å²) in [6.45, 7) is 16.6. The molecule has 1 amide bonds. The Bertz CT molecular complexity index is 1070. The number of nitrogens with one attached hydrogen (secondary N) is 2. The summed E-state index contributed by atoms with van der Waals surface area (Å²) in [6, 6.07) is 13.6. The summed E-state index contributed by atoms with van der Waals surface area (Å²) in [5, 5.41) is 6.44. The van der Waals surface area contributed by atoms with Gasteiger partial charge in [0.2, 0.25) is 0 Å². The minimum absolute atomic E-state index is 0. The van der Waals surface area contributed by atoms with Crippen molar-refractivity contribution in [3.8, 4) is 0 Å². The van der Waals surface area contributed by atoms with E-state index in [1.54, 1.807) is 12.4 Å². The lowest BCUT2D eigenvalue weighted by Gasteiger charge is -2.17. The third-order valence-corrected chi connectivity index (χ3v) is 5.09. The second-order valence-electron chi connectivity index (χ2n) is 7.98. The number of allylic oxidation sites excluding steroid dienone is 2. The van der Waals surface area contributed by atoms with Gasteiger partial charge in [0.15, 0.2) is 0 Å². The Labute approximate surface area is 195 Å². The maximum absolute atomic E-state index is 12.6. The summed E-state index contributed by atoms with van der Waals surface area (Å²) < 4.78 is 0. The van der Waals surface area contributed by atoms with Crippen LogP contribution in [0.3, 0.4) is 0 Å². The Hall–Kier alpha value is -3.47. The molecule has 2 aromatic carbocycles. The highest BCUT2D eigenvalue weighted by atomic mass is 16.1. The van der Waals surface area contributed by atoms with E-state index in [2.05, 4.69) is 34.1 Å². The second kappa shape index (κ2) is 11.8. The molecule has 0 aromatic heterocycles. The normalized spacial score (nSPS) is 13.2. The van der Waals surface area contributed by atoms with Gasteiger partial charge >= 0.3 is 0 Å². The average Bonchev–Trinajstić information content (AvgIpc) is 2.75. The summed E-state index contributed by atoms with van der Waals surface area (Å²) in [7, 11) is 0. The zero-order valence-corrected chi connectivity index (χ0v) is 20.0. The highest BCUT2D eigenvalue weighted by molar-refractivity contribution is 6.37. The van der Waals surface area contributed by atoms with Crippen molar-refractivity contribution in [2.24, 2.45) is 9.98 Å². The van der Waals surface area contributed by atoms with E-state index in [0.717, 1.165) is 33.8 Å². The van der Waals surface area contributed by atoms with Gasteiger partial charge in [0.1, 0.15) is 0 Å². The molecule has 2 rings (SSSR count). The Morgan fingerprint density at radius 3 is 2.56 bits per heavy atom. The first kappa shape index (κ1) is 24.8. The van der Waals surface area contributed by atoms with Gasteiger partial charge in [-0.1, -0.05) is 24.8 Å². The number of amides is 1. The average molecular weight is 435 g/mol. The summed E-state index contributed by atoms with van der Waals surface area (Å²) in [4.78, 5) is 21.4. The van der Waals surface area contributed by atoms with Gasteiger partial charge in [-0.3, -0.25) is 14.8 Å². The number of carbonyl (C=O) groups is 1. The zero-order valence-electron chi connectivity index (χ0n) is 20.0. The van der Waals surface area contributed by atoms with E-state index in [4.69, 9.17) is 0 Å². The highest BCUT2D eigenvalue weighted by Crippen LogP contribution is 2.20. The van der Waals surface area contributed by atoms with Crippen LogP contribution in [-0.2, 0) is 0 Å². The van der Waals surface area contributed by atoms with Crippen LogP contribution < -0.4 is 10.6 Å². The molecule has 0 aliphatic rings. The van der Waals surface area contributed by atoms with E-state index >= 15 is 0 Å². The molecule has 2 N–H and O–H groups in total. The summed E-state index contributed by atoms with van der Waals surface area (Å²) in [5.41, 5.74) is 7.30. The topological polar surface area (TPSA) is 65.8 Å². The van der Waals surface area contributed by atoms with E-state index in [9.17, 15) is 4.79 Å². The van der Waals surface area contributed by atoms with Gasteiger partial charge in [-0.2, -0.15) is 0 Å². The van der Waals surface area contributed by atoms with Crippen LogP contribution in [0.2, 0.25) is 0 Å². The molecule has 0 aliphatic carbocycles. The number of carbonyl (C=O) groups excluding carboxylic acids is 1. The molecule has 5 heteroatoms. The lowest BCUT2D eigenvalue weighted by molar-refractivity contribution is 0.102. The molecular weight excluding hydrogens is 396 g/mol. The van der Waals surface area contributed by atoms with Crippen LogP contribution in [0.1, 0.15) is 63.6 Å². The molecule has 0 fully saturated rings. The smallest absolute Gasteiger partial charge is 0.255 e. The standard InChI is InChI=1S/C27H34N4O.2H2/c1-8-28-17-26(18(2)3)29-16-21(6)30-22(7)23-10-9-11-25(15-23)31-27(32)24-13-12-19(4)20(5)14-24;;/h9-17,22,30H,2,8H2,1,3-7H3,(H,31,32);2*1H/b21-16+,28-17?,29-26?;;/t22-;;/m0../s1. The molecular formula is C27H38N4O. The third-order valence-electron chi connectivity index (χ3n) is 5.09. The predicted octanol–water partition coefficient (Wildman–Crippen LogP) is 6.67. The van der Waals surface area contributed by atoms with Crippen molar-refractivity contribution in [2.75, 3.05) is 11.9 Å². The van der Waals surface area contributed by atoms with Gasteiger partial charge in [-0.05, 0) is 88.1 Å². The maximum atomic E-state index is 12.6. The zero-order chi connectivity index (χ0) is 23.7. The molecule has 0 unspecified atom stereocenters. The van der Waals surface area contributed by atoms with Gasteiger partial charge in [0, 0.05) is 44.8 Å². The number of hydrogen-bond acceptors (Lipinski definition) is 4. The van der Waals surface area contributed by atoms with E-state index in [1.807, 2.05) is 77.1 Å². The summed E-state index contributed by atoms with van der Waals surface area (Å²) in [6.07, 6.45) is 3.53. The number of hydrogen-bond donors (Lipinski definition) is 2. The molecule has 2 aromatic rings. The number of nitrogens with zero attached hydrogens (tertiary/aromatic N) is 2. The summed E-state index contributed by atoms with van der Waals surface area (Å²) in [5.74, 6) is -0.114. The molecule has 0 spiro atoms. The van der Waals surface area contributed by atoms with Crippen molar-refractivity contribution >= 4 is 23.5 Å². The molecule has 0 bridgehead atoms. The lowest BCUT2D eigenvalue weighted by Crippen LogP contribution is -2.17. The molecule has 172 valence electrons. The largest absolute Gasteiger partial charge is 0.381 e. The Morgan fingerprint density at radius 1 is 1.16 bits per heavy atom. The van der Waals surface area contributed by atoms with Crippen molar-refractivity contribution in [2.45, 2.75) is 47.6 Å². The number of rotatable bonds is 9. The molecule has 0 radical (unpaired) electrons. The van der Waals surface area contributed by atoms with Crippen molar-refractivity contribution in [3.05, 3.63) is 88.8 Å². The monoisotopic (exact) mass is 434 g/mol. The quantitative estimate of drug-likeness (QED) is 0.433. The molecule has 1 atom stereocenters. The van der Waals surface area contributed by atoms with Crippen LogP contribution in [0.4, 0.5) is 5.69 Å². The van der Waals surface area contributed by atoms with Crippen molar-refractivity contribution in [3.63, 3.8) is 0 Å². The maximum Gasteiger partial charge on any atom is 0.255 e. The fourth-order valence-electron chi connectivity index (χ4n) is 3.03. The predicted molar refractivity (Wildman–Crippen MR) is 141 cm³/mol. The lowest BCUT2D eigenvalue weighted by atomic mass is 10.1. The van der Waals surface area contributed by atoms with Crippen molar-refractivity contribution < 1.29 is 7.65 Å². The van der Waals surface area contributed by atoms with E-state index in [0.29, 0.717) is 12.1 Å². The first-order valence-corrected chi connectivity index (χ1v) is 10.9. The van der Waals surface area contributed by atoms with Crippen LogP contribution in [-0.4, -0.2) is 24.4 Å². The van der Waals surface area contributed by atoms with E-state index < -0.39 is 0 Å². The molecule has 0 aliphatic heterocycles. The van der Waals surface area contributed by atoms with Gasteiger partial charge < -0.3 is 10.6 Å². The number of aliphatic imine (C=N–C) groups is 2. The van der Waals surface area contributed by atoms with Gasteiger partial charge in [0.25, 0.3) is 5.91 Å². The van der Waals surface area contributed by atoms with Crippen LogP contribution in [0, 0.1) is 13.8 Å². The molecule has 0 saturated heterocycles. The van der Waals surface area contributed by atoms with Crippen molar-refractivity contribution in [1.82, 2.24) is 5.32 Å². The molecule has 0 saturated carbocycles. The SMILES string of the molecule is C=C(C)C(C=NCC)=N/C=C(\C)N[C@@H](C)c1cccc(NC(=O)c2ccc(C)c(C)c2)c1.[HH].[HH]. The van der Waals surface area contributed by atoms with E-state index in [1.165, 1.54) is 5.56 Å². The summed E-state index contributed by atoms with van der Waals surface area (Å²) >= 11 is 0. The number of anilines is 1. The fourth-order valence-corrected chi connectivity index (χ4v) is 3.03. The van der Waals surface area contributed by atoms with Crippen molar-refractivity contribution in [1.29, 1.82) is 0 Å². The van der Waals surface area contributed by atoms with Crippen LogP contribution >= 0.6 is 0 Å². The minimum atomic E-state index is -0.114. The van der Waals surface area contributed by atoms with Crippen LogP contribution in [0.25, 0.3) is 0 Å². The van der Waals surface area contributed by atoms with Gasteiger partial charge in [-0.25, -0.2) is 0 Å². The minimum Gasteiger partial charge on any atom is -0.381 e. The van der Waals surface area contributed by atoms with Crippen LogP contribution in [0.5, 0.6) is 0 Å². The van der Waals surface area contributed by atoms with Crippen LogP contribution in [0.15, 0.2) is 76.5 Å². The van der Waals surface area contributed by atoms with E-state index in [-0.39, 0.29) is 14.8 Å². The second-order valence-corrected chi connectivity index (χ2v) is 7.98. The Morgan fingerprint density at radius 2 is 1.91 bits per heavy atom. The third kappa shape index (κ3) is 7.34. The number of aryl methyl sites for hydroxylation is 2. The van der Waals surface area contributed by atoms with Gasteiger partial charge in [0.05, 0.1) is 5.71 Å². The first-order valence-electron chi connectivity index (χ1n) is 10.9. The Balaban J connectivity index is 0.00000544. The molecule has 0 heterocycles. The fraction of sp³-hybridized carbons (Fsp3) is 0.296. The first-order chi connectivity index (χ1) is 15.2.